The number of rotatable bonds is 2. The molecular weight excluding hydrogens is 320 g/mol. The van der Waals surface area contributed by atoms with Crippen molar-refractivity contribution in [2.24, 2.45) is 0 Å². The lowest BCUT2D eigenvalue weighted by Gasteiger charge is -2.33. The van der Waals surface area contributed by atoms with E-state index < -0.39 is 0 Å². The minimum atomic E-state index is -0.276. The number of fused-ring (bicyclic) bond motifs is 2. The van der Waals surface area contributed by atoms with Gasteiger partial charge in [0.1, 0.15) is 28.4 Å². The van der Waals surface area contributed by atoms with Crippen LogP contribution in [0.2, 0.25) is 0 Å². The summed E-state index contributed by atoms with van der Waals surface area (Å²) >= 11 is 0. The average molecular weight is 340 g/mol. The van der Waals surface area contributed by atoms with Crippen molar-refractivity contribution in [3.8, 4) is 34.3 Å². The predicted octanol–water partition coefficient (Wildman–Crippen LogP) is 4.62. The summed E-state index contributed by atoms with van der Waals surface area (Å²) < 4.78 is 17.5. The van der Waals surface area contributed by atoms with E-state index >= 15 is 0 Å². The van der Waals surface area contributed by atoms with Crippen LogP contribution < -0.4 is 9.47 Å². The van der Waals surface area contributed by atoms with Gasteiger partial charge < -0.3 is 24.1 Å². The van der Waals surface area contributed by atoms with Gasteiger partial charge in [0.15, 0.2) is 11.5 Å². The summed E-state index contributed by atoms with van der Waals surface area (Å²) in [5, 5.41) is 20.9. The quantitative estimate of drug-likeness (QED) is 0.712. The second-order valence-electron chi connectivity index (χ2n) is 6.98. The summed E-state index contributed by atoms with van der Waals surface area (Å²) in [7, 11) is 1.57. The molecule has 1 aromatic heterocycles. The molecule has 4 rings (SSSR count). The van der Waals surface area contributed by atoms with Gasteiger partial charge in [-0.3, -0.25) is 0 Å². The Bertz CT molecular complexity index is 968. The first-order valence-electron chi connectivity index (χ1n) is 8.23. The molecular formula is C20H20O5. The van der Waals surface area contributed by atoms with Gasteiger partial charge in [-0.25, -0.2) is 0 Å². The highest BCUT2D eigenvalue weighted by Gasteiger charge is 2.29. The minimum absolute atomic E-state index is 0.119. The second kappa shape index (κ2) is 5.34. The molecule has 0 fully saturated rings. The second-order valence-corrected chi connectivity index (χ2v) is 6.98. The van der Waals surface area contributed by atoms with Gasteiger partial charge in [-0.15, -0.1) is 0 Å². The van der Waals surface area contributed by atoms with Crippen molar-refractivity contribution in [3.63, 3.8) is 0 Å². The molecule has 2 aromatic carbocycles. The molecule has 130 valence electrons. The molecule has 5 heteroatoms. The number of phenolic OH excluding ortho intramolecular Hbond substituents is 2. The lowest BCUT2D eigenvalue weighted by atomic mass is 9.92. The van der Waals surface area contributed by atoms with Gasteiger partial charge in [0.05, 0.1) is 12.5 Å². The highest BCUT2D eigenvalue weighted by molar-refractivity contribution is 5.92. The van der Waals surface area contributed by atoms with Gasteiger partial charge in [-0.05, 0) is 51.0 Å². The van der Waals surface area contributed by atoms with Crippen LogP contribution in [-0.2, 0) is 6.42 Å². The normalized spacial score (nSPS) is 15.6. The van der Waals surface area contributed by atoms with Gasteiger partial charge in [0.2, 0.25) is 0 Å². The molecule has 0 amide bonds. The minimum Gasteiger partial charge on any atom is -0.508 e. The van der Waals surface area contributed by atoms with Crippen molar-refractivity contribution in [2.75, 3.05) is 7.11 Å². The first-order chi connectivity index (χ1) is 11.9. The third kappa shape index (κ3) is 2.56. The van der Waals surface area contributed by atoms with Crippen molar-refractivity contribution in [3.05, 3.63) is 35.9 Å². The number of aromatic hydroxyl groups is 2. The van der Waals surface area contributed by atoms with Gasteiger partial charge in [0, 0.05) is 17.2 Å². The van der Waals surface area contributed by atoms with E-state index in [0.29, 0.717) is 28.4 Å². The van der Waals surface area contributed by atoms with Gasteiger partial charge in [0.25, 0.3) is 0 Å². The Kier molecular flexibility index (Phi) is 3.35. The fraction of sp³-hybridized carbons (Fsp3) is 0.300. The molecule has 2 heterocycles. The van der Waals surface area contributed by atoms with Gasteiger partial charge in [-0.1, -0.05) is 0 Å². The van der Waals surface area contributed by atoms with Crippen LogP contribution in [-0.4, -0.2) is 22.9 Å². The zero-order chi connectivity index (χ0) is 17.8. The molecule has 3 aromatic rings. The smallest absolute Gasteiger partial charge is 0.177 e. The maximum absolute atomic E-state index is 10.4. The molecule has 0 unspecified atom stereocenters. The van der Waals surface area contributed by atoms with Crippen LogP contribution in [0, 0.1) is 0 Å². The Labute approximate surface area is 145 Å². The van der Waals surface area contributed by atoms with Gasteiger partial charge in [-0.2, -0.15) is 0 Å². The van der Waals surface area contributed by atoms with E-state index in [1.807, 2.05) is 19.9 Å². The summed E-state index contributed by atoms with van der Waals surface area (Å²) in [6, 6.07) is 8.41. The van der Waals surface area contributed by atoms with Crippen LogP contribution in [0.15, 0.2) is 34.7 Å². The number of hydrogen-bond acceptors (Lipinski definition) is 5. The maximum atomic E-state index is 10.4. The lowest BCUT2D eigenvalue weighted by molar-refractivity contribution is 0.0838. The monoisotopic (exact) mass is 340 g/mol. The van der Waals surface area contributed by atoms with Crippen LogP contribution >= 0.6 is 0 Å². The van der Waals surface area contributed by atoms with Crippen LogP contribution in [0.1, 0.15) is 25.8 Å². The summed E-state index contributed by atoms with van der Waals surface area (Å²) in [6.07, 6.45) is 1.61. The molecule has 1 aliphatic rings. The van der Waals surface area contributed by atoms with Crippen molar-refractivity contribution < 1.29 is 24.1 Å². The van der Waals surface area contributed by atoms with Crippen LogP contribution in [0.4, 0.5) is 0 Å². The zero-order valence-corrected chi connectivity index (χ0v) is 14.4. The van der Waals surface area contributed by atoms with Crippen molar-refractivity contribution in [1.29, 1.82) is 0 Å². The molecule has 0 saturated heterocycles. The zero-order valence-electron chi connectivity index (χ0n) is 14.4. The van der Waals surface area contributed by atoms with E-state index in [4.69, 9.17) is 13.9 Å². The molecule has 25 heavy (non-hydrogen) atoms. The lowest BCUT2D eigenvalue weighted by Crippen LogP contribution is -2.32. The van der Waals surface area contributed by atoms with E-state index in [9.17, 15) is 10.2 Å². The van der Waals surface area contributed by atoms with E-state index in [2.05, 4.69) is 0 Å². The summed E-state index contributed by atoms with van der Waals surface area (Å²) in [5.74, 6) is 2.02. The largest absolute Gasteiger partial charge is 0.508 e. The number of methoxy groups -OCH3 is 1. The molecule has 0 spiro atoms. The molecule has 0 bridgehead atoms. The standard InChI is InChI=1S/C20H20O5/c1-20(2)7-6-13-15(22)8-11(9-17(13)25-20)18-19(23-3)14-5-4-12(21)10-16(14)24-18/h4-5,8-10,21-22H,6-7H2,1-3H3. The van der Waals surface area contributed by atoms with Crippen molar-refractivity contribution >= 4 is 11.0 Å². The van der Waals surface area contributed by atoms with E-state index in [1.165, 1.54) is 0 Å². The Morgan fingerprint density at radius 2 is 1.92 bits per heavy atom. The molecule has 1 aliphatic heterocycles. The SMILES string of the molecule is COc1c(-c2cc(O)c3c(c2)OC(C)(C)CC3)oc2cc(O)ccc12. The Morgan fingerprint density at radius 1 is 1.12 bits per heavy atom. The van der Waals surface area contributed by atoms with E-state index in [-0.39, 0.29) is 17.1 Å². The van der Waals surface area contributed by atoms with Crippen molar-refractivity contribution in [2.45, 2.75) is 32.3 Å². The number of ether oxygens (including phenoxy) is 2. The topological polar surface area (TPSA) is 72.1 Å². The fourth-order valence-electron chi connectivity index (χ4n) is 3.33. The first-order valence-corrected chi connectivity index (χ1v) is 8.23. The molecule has 5 nitrogen and oxygen atoms in total. The van der Waals surface area contributed by atoms with Gasteiger partial charge >= 0.3 is 0 Å². The Morgan fingerprint density at radius 3 is 2.68 bits per heavy atom. The summed E-state index contributed by atoms with van der Waals surface area (Å²) in [4.78, 5) is 0. The highest BCUT2D eigenvalue weighted by atomic mass is 16.5. The molecule has 0 saturated carbocycles. The Balaban J connectivity index is 1.91. The highest BCUT2D eigenvalue weighted by Crippen LogP contribution is 2.46. The van der Waals surface area contributed by atoms with Crippen molar-refractivity contribution in [1.82, 2.24) is 0 Å². The first kappa shape index (κ1) is 15.7. The summed E-state index contributed by atoms with van der Waals surface area (Å²) in [5.41, 5.74) is 1.73. The van der Waals surface area contributed by atoms with E-state index in [1.54, 1.807) is 31.4 Å². The number of benzene rings is 2. The number of hydrogen-bond donors (Lipinski definition) is 2. The number of phenols is 2. The van der Waals surface area contributed by atoms with Crippen LogP contribution in [0.3, 0.4) is 0 Å². The average Bonchev–Trinajstić information content (AvgIpc) is 2.90. The maximum Gasteiger partial charge on any atom is 0.177 e. The molecule has 0 radical (unpaired) electrons. The number of furan rings is 1. The van der Waals surface area contributed by atoms with E-state index in [0.717, 1.165) is 23.8 Å². The molecule has 0 aliphatic carbocycles. The van der Waals surface area contributed by atoms with Crippen LogP contribution in [0.5, 0.6) is 23.0 Å². The third-order valence-corrected chi connectivity index (χ3v) is 4.64. The summed E-state index contributed by atoms with van der Waals surface area (Å²) in [6.45, 7) is 4.06. The molecule has 0 atom stereocenters. The molecule has 2 N–H and O–H groups in total. The third-order valence-electron chi connectivity index (χ3n) is 4.64. The predicted molar refractivity (Wildman–Crippen MR) is 94.6 cm³/mol. The van der Waals surface area contributed by atoms with Crippen LogP contribution in [0.25, 0.3) is 22.3 Å². The fourth-order valence-corrected chi connectivity index (χ4v) is 3.33. The Hall–Kier alpha value is -2.82.